The second-order valence-electron chi connectivity index (χ2n) is 7.94. The van der Waals surface area contributed by atoms with Crippen molar-refractivity contribution in [3.05, 3.63) is 48.5 Å². The molecule has 0 bridgehead atoms. The summed E-state index contributed by atoms with van der Waals surface area (Å²) in [5, 5.41) is 5.64. The van der Waals surface area contributed by atoms with E-state index in [-0.39, 0.29) is 22.8 Å². The molecule has 1 aliphatic rings. The molecule has 0 unspecified atom stereocenters. The van der Waals surface area contributed by atoms with Gasteiger partial charge in [-0.15, -0.1) is 0 Å². The average Bonchev–Trinajstić information content (AvgIpc) is 2.75. The van der Waals surface area contributed by atoms with E-state index in [0.29, 0.717) is 17.1 Å². The van der Waals surface area contributed by atoms with E-state index in [0.717, 1.165) is 25.7 Å². The van der Waals surface area contributed by atoms with Gasteiger partial charge in [-0.25, -0.2) is 8.42 Å². The van der Waals surface area contributed by atoms with Crippen molar-refractivity contribution in [2.24, 2.45) is 0 Å². The van der Waals surface area contributed by atoms with E-state index >= 15 is 0 Å². The van der Waals surface area contributed by atoms with E-state index in [2.05, 4.69) is 15.4 Å². The number of carbonyl (C=O) groups is 2. The quantitative estimate of drug-likeness (QED) is 0.557. The smallest absolute Gasteiger partial charge is 0.261 e. The van der Waals surface area contributed by atoms with Crippen LogP contribution in [0.2, 0.25) is 0 Å². The predicted molar refractivity (Wildman–Crippen MR) is 123 cm³/mol. The number of hydrogen-bond donors (Lipinski definition) is 3. The van der Waals surface area contributed by atoms with Crippen LogP contribution >= 0.6 is 0 Å². The summed E-state index contributed by atoms with van der Waals surface area (Å²) in [7, 11) is -3.80. The Morgan fingerprint density at radius 2 is 1.53 bits per heavy atom. The van der Waals surface area contributed by atoms with Gasteiger partial charge in [-0.3, -0.25) is 14.3 Å². The lowest BCUT2D eigenvalue weighted by atomic mass is 9.95. The Hall–Kier alpha value is -3.07. The molecule has 1 aliphatic carbocycles. The molecule has 2 aromatic carbocycles. The fourth-order valence-electron chi connectivity index (χ4n) is 3.56. The zero-order valence-electron chi connectivity index (χ0n) is 18.3. The minimum atomic E-state index is -3.80. The van der Waals surface area contributed by atoms with Crippen LogP contribution in [-0.4, -0.2) is 32.4 Å². The van der Waals surface area contributed by atoms with E-state index < -0.39 is 16.1 Å². The highest BCUT2D eigenvalue weighted by molar-refractivity contribution is 7.92. The molecule has 0 spiro atoms. The maximum absolute atomic E-state index is 12.6. The fraction of sp³-hybridized carbons (Fsp3) is 0.391. The van der Waals surface area contributed by atoms with Gasteiger partial charge < -0.3 is 15.4 Å². The standard InChI is InChI=1S/C23H29N3O5S/c1-16(23(28)25-18-6-4-3-5-7-18)31-21-12-14-22(15-13-21)32(29,30)26-20-10-8-19(9-11-20)24-17(2)27/h8-16,18,26H,3-7H2,1-2H3,(H,24,27)(H,25,28)/t16-/m0/s1. The van der Waals surface area contributed by atoms with Crippen molar-refractivity contribution in [2.75, 3.05) is 10.0 Å². The first-order chi connectivity index (χ1) is 15.2. The lowest BCUT2D eigenvalue weighted by molar-refractivity contribution is -0.128. The molecule has 3 N–H and O–H groups in total. The van der Waals surface area contributed by atoms with E-state index in [1.165, 1.54) is 37.6 Å². The van der Waals surface area contributed by atoms with Gasteiger partial charge in [0.2, 0.25) is 5.91 Å². The number of amides is 2. The molecule has 0 aromatic heterocycles. The van der Waals surface area contributed by atoms with Crippen LogP contribution in [0.5, 0.6) is 5.75 Å². The maximum atomic E-state index is 12.6. The number of nitrogens with one attached hydrogen (secondary N) is 3. The second-order valence-corrected chi connectivity index (χ2v) is 9.62. The van der Waals surface area contributed by atoms with E-state index in [1.54, 1.807) is 31.2 Å². The molecular formula is C23H29N3O5S. The summed E-state index contributed by atoms with van der Waals surface area (Å²) in [5.41, 5.74) is 0.941. The third-order valence-electron chi connectivity index (χ3n) is 5.23. The average molecular weight is 460 g/mol. The molecule has 1 atom stereocenters. The molecule has 0 aliphatic heterocycles. The number of ether oxygens (including phenoxy) is 1. The van der Waals surface area contributed by atoms with Crippen LogP contribution in [0.25, 0.3) is 0 Å². The van der Waals surface area contributed by atoms with Crippen molar-refractivity contribution in [3.63, 3.8) is 0 Å². The maximum Gasteiger partial charge on any atom is 0.261 e. The molecule has 0 heterocycles. The Kier molecular flexibility index (Phi) is 7.74. The SMILES string of the molecule is CC(=O)Nc1ccc(NS(=O)(=O)c2ccc(O[C@@H](C)C(=O)NC3CCCCC3)cc2)cc1. The summed E-state index contributed by atoms with van der Waals surface area (Å²) in [6, 6.07) is 12.4. The molecule has 0 saturated heterocycles. The molecule has 2 aromatic rings. The summed E-state index contributed by atoms with van der Waals surface area (Å²) in [5.74, 6) is 0.0364. The Labute approximate surface area is 188 Å². The minimum absolute atomic E-state index is 0.0649. The van der Waals surface area contributed by atoms with Gasteiger partial charge in [0.25, 0.3) is 15.9 Å². The number of carbonyl (C=O) groups excluding carboxylic acids is 2. The first kappa shape index (κ1) is 23.6. The predicted octanol–water partition coefficient (Wildman–Crippen LogP) is 3.66. The Morgan fingerprint density at radius 1 is 0.938 bits per heavy atom. The summed E-state index contributed by atoms with van der Waals surface area (Å²) < 4.78 is 33.5. The number of hydrogen-bond acceptors (Lipinski definition) is 5. The molecule has 1 saturated carbocycles. The monoisotopic (exact) mass is 459 g/mol. The van der Waals surface area contributed by atoms with Crippen LogP contribution in [0.3, 0.4) is 0 Å². The van der Waals surface area contributed by atoms with Gasteiger partial charge in [0.05, 0.1) is 4.90 Å². The van der Waals surface area contributed by atoms with Crippen LogP contribution in [0, 0.1) is 0 Å². The topological polar surface area (TPSA) is 114 Å². The molecule has 3 rings (SSSR count). The van der Waals surface area contributed by atoms with Crippen LogP contribution in [-0.2, 0) is 19.6 Å². The van der Waals surface area contributed by atoms with Gasteiger partial charge in [0.1, 0.15) is 5.75 Å². The van der Waals surface area contributed by atoms with Gasteiger partial charge in [-0.1, -0.05) is 19.3 Å². The van der Waals surface area contributed by atoms with Gasteiger partial charge >= 0.3 is 0 Å². The first-order valence-electron chi connectivity index (χ1n) is 10.7. The van der Waals surface area contributed by atoms with E-state index in [9.17, 15) is 18.0 Å². The summed E-state index contributed by atoms with van der Waals surface area (Å²) in [6.45, 7) is 3.07. The van der Waals surface area contributed by atoms with Gasteiger partial charge in [-0.05, 0) is 68.3 Å². The molecule has 8 nitrogen and oxygen atoms in total. The molecule has 9 heteroatoms. The van der Waals surface area contributed by atoms with E-state index in [4.69, 9.17) is 4.74 Å². The number of sulfonamides is 1. The lowest BCUT2D eigenvalue weighted by Crippen LogP contribution is -2.43. The fourth-order valence-corrected chi connectivity index (χ4v) is 4.62. The summed E-state index contributed by atoms with van der Waals surface area (Å²) in [4.78, 5) is 23.5. The lowest BCUT2D eigenvalue weighted by Gasteiger charge is -2.24. The van der Waals surface area contributed by atoms with Crippen molar-refractivity contribution in [1.29, 1.82) is 0 Å². The highest BCUT2D eigenvalue weighted by Gasteiger charge is 2.21. The molecule has 32 heavy (non-hydrogen) atoms. The summed E-state index contributed by atoms with van der Waals surface area (Å²) >= 11 is 0. The highest BCUT2D eigenvalue weighted by atomic mass is 32.2. The van der Waals surface area contributed by atoms with Crippen LogP contribution in [0.1, 0.15) is 46.0 Å². The van der Waals surface area contributed by atoms with E-state index in [1.807, 2.05) is 0 Å². The summed E-state index contributed by atoms with van der Waals surface area (Å²) in [6.07, 6.45) is 4.78. The van der Waals surface area contributed by atoms with Gasteiger partial charge in [-0.2, -0.15) is 0 Å². The van der Waals surface area contributed by atoms with Gasteiger partial charge in [0.15, 0.2) is 6.10 Å². The molecular weight excluding hydrogens is 430 g/mol. The zero-order valence-corrected chi connectivity index (χ0v) is 19.1. The number of rotatable bonds is 8. The second kappa shape index (κ2) is 10.5. The van der Waals surface area contributed by atoms with Crippen LogP contribution in [0.15, 0.2) is 53.4 Å². The molecule has 1 fully saturated rings. The van der Waals surface area contributed by atoms with Crippen molar-refractivity contribution in [2.45, 2.75) is 63.0 Å². The molecule has 0 radical (unpaired) electrons. The van der Waals surface area contributed by atoms with Crippen molar-refractivity contribution < 1.29 is 22.7 Å². The Bertz CT molecular complexity index is 1030. The number of benzene rings is 2. The first-order valence-corrected chi connectivity index (χ1v) is 12.2. The Balaban J connectivity index is 1.57. The third kappa shape index (κ3) is 6.71. The van der Waals surface area contributed by atoms with Crippen LogP contribution in [0.4, 0.5) is 11.4 Å². The molecule has 172 valence electrons. The normalized spacial score (nSPS) is 15.4. The van der Waals surface area contributed by atoms with Crippen molar-refractivity contribution >= 4 is 33.2 Å². The highest BCUT2D eigenvalue weighted by Crippen LogP contribution is 2.22. The van der Waals surface area contributed by atoms with Crippen LogP contribution < -0.4 is 20.1 Å². The van der Waals surface area contributed by atoms with Crippen molar-refractivity contribution in [3.8, 4) is 5.75 Å². The Morgan fingerprint density at radius 3 is 2.12 bits per heavy atom. The molecule has 2 amide bonds. The number of anilines is 2. The van der Waals surface area contributed by atoms with Crippen molar-refractivity contribution in [1.82, 2.24) is 5.32 Å². The largest absolute Gasteiger partial charge is 0.481 e. The van der Waals surface area contributed by atoms with Gasteiger partial charge in [0, 0.05) is 24.3 Å². The third-order valence-corrected chi connectivity index (χ3v) is 6.62. The zero-order chi connectivity index (χ0) is 23.1. The minimum Gasteiger partial charge on any atom is -0.481 e.